The largest absolute Gasteiger partial charge is 0.254 e. The standard InChI is InChI=1S/C7H9NS/c1-2-6-4-9-5-8-7(6)3-1/h5H,1-4H2. The Balaban J connectivity index is 2.28. The van der Waals surface area contributed by atoms with Gasteiger partial charge in [-0.2, -0.15) is 0 Å². The van der Waals surface area contributed by atoms with Crippen LogP contribution in [-0.4, -0.2) is 11.3 Å². The van der Waals surface area contributed by atoms with Crippen LogP contribution >= 0.6 is 11.8 Å². The summed E-state index contributed by atoms with van der Waals surface area (Å²) in [4.78, 5) is 4.31. The van der Waals surface area contributed by atoms with Gasteiger partial charge in [0.25, 0.3) is 0 Å². The second kappa shape index (κ2) is 2.18. The van der Waals surface area contributed by atoms with Gasteiger partial charge in [0.1, 0.15) is 0 Å². The maximum atomic E-state index is 4.31. The van der Waals surface area contributed by atoms with E-state index in [1.54, 1.807) is 5.57 Å². The van der Waals surface area contributed by atoms with Gasteiger partial charge >= 0.3 is 0 Å². The lowest BCUT2D eigenvalue weighted by atomic mass is 10.2. The van der Waals surface area contributed by atoms with Gasteiger partial charge in [0, 0.05) is 11.4 Å². The van der Waals surface area contributed by atoms with Crippen molar-refractivity contribution in [3.63, 3.8) is 0 Å². The minimum Gasteiger partial charge on any atom is -0.254 e. The molecule has 9 heavy (non-hydrogen) atoms. The van der Waals surface area contributed by atoms with Crippen molar-refractivity contribution >= 4 is 17.3 Å². The van der Waals surface area contributed by atoms with Crippen LogP contribution in [0.5, 0.6) is 0 Å². The minimum atomic E-state index is 1.21. The number of nitrogens with zero attached hydrogens (tertiary/aromatic N) is 1. The van der Waals surface area contributed by atoms with Crippen LogP contribution in [0.25, 0.3) is 0 Å². The maximum absolute atomic E-state index is 4.31. The Morgan fingerprint density at radius 1 is 1.44 bits per heavy atom. The van der Waals surface area contributed by atoms with E-state index in [1.807, 2.05) is 17.3 Å². The first kappa shape index (κ1) is 5.54. The van der Waals surface area contributed by atoms with Crippen molar-refractivity contribution in [2.24, 2.45) is 4.99 Å². The molecule has 0 saturated carbocycles. The van der Waals surface area contributed by atoms with Crippen LogP contribution in [0.15, 0.2) is 16.3 Å². The van der Waals surface area contributed by atoms with Crippen LogP contribution < -0.4 is 0 Å². The van der Waals surface area contributed by atoms with E-state index in [0.29, 0.717) is 0 Å². The molecule has 0 aromatic rings. The lowest BCUT2D eigenvalue weighted by molar-refractivity contribution is 0.891. The molecule has 0 atom stereocenters. The van der Waals surface area contributed by atoms with Gasteiger partial charge in [0.15, 0.2) is 0 Å². The van der Waals surface area contributed by atoms with Crippen LogP contribution in [-0.2, 0) is 0 Å². The molecule has 0 unspecified atom stereocenters. The molecule has 1 aliphatic carbocycles. The fraction of sp³-hybridized carbons (Fsp3) is 0.571. The van der Waals surface area contributed by atoms with Crippen LogP contribution in [0.4, 0.5) is 0 Å². The molecule has 0 aromatic carbocycles. The summed E-state index contributed by atoms with van der Waals surface area (Å²) in [7, 11) is 0. The number of allylic oxidation sites excluding steroid dienone is 1. The molecule has 1 nitrogen and oxygen atoms in total. The summed E-state index contributed by atoms with van der Waals surface area (Å²) in [6, 6.07) is 0. The smallest absolute Gasteiger partial charge is 0.0603 e. The predicted molar refractivity (Wildman–Crippen MR) is 41.8 cm³/mol. The number of hydrogen-bond acceptors (Lipinski definition) is 2. The SMILES string of the molecule is C1=NC2=C(CCC2)CS1. The average molecular weight is 139 g/mol. The van der Waals surface area contributed by atoms with Gasteiger partial charge in [-0.15, -0.1) is 11.8 Å². The summed E-state index contributed by atoms with van der Waals surface area (Å²) in [5.41, 5.74) is 4.96. The van der Waals surface area contributed by atoms with Gasteiger partial charge in [0.05, 0.1) is 5.55 Å². The molecule has 2 aliphatic rings. The Morgan fingerprint density at radius 3 is 3.33 bits per heavy atom. The monoisotopic (exact) mass is 139 g/mol. The first-order valence-electron chi connectivity index (χ1n) is 3.32. The quantitative estimate of drug-likeness (QED) is 0.501. The number of thioether (sulfide) groups is 1. The third kappa shape index (κ3) is 0.917. The number of hydrogen-bond donors (Lipinski definition) is 0. The van der Waals surface area contributed by atoms with Gasteiger partial charge in [-0.25, -0.2) is 0 Å². The summed E-state index contributed by atoms with van der Waals surface area (Å²) >= 11 is 1.82. The van der Waals surface area contributed by atoms with E-state index < -0.39 is 0 Å². The molecule has 0 fully saturated rings. The van der Waals surface area contributed by atoms with Gasteiger partial charge < -0.3 is 0 Å². The highest BCUT2D eigenvalue weighted by Crippen LogP contribution is 2.31. The Labute approximate surface area is 59.2 Å². The third-order valence-corrected chi connectivity index (χ3v) is 2.61. The van der Waals surface area contributed by atoms with Crippen molar-refractivity contribution in [3.8, 4) is 0 Å². The summed E-state index contributed by atoms with van der Waals surface area (Å²) in [6.45, 7) is 0. The molecule has 0 saturated heterocycles. The zero-order chi connectivity index (χ0) is 6.10. The second-order valence-electron chi connectivity index (χ2n) is 2.45. The zero-order valence-corrected chi connectivity index (χ0v) is 6.08. The molecule has 1 heterocycles. The highest BCUT2D eigenvalue weighted by molar-refractivity contribution is 8.12. The Morgan fingerprint density at radius 2 is 2.44 bits per heavy atom. The fourth-order valence-electron chi connectivity index (χ4n) is 1.34. The highest BCUT2D eigenvalue weighted by Gasteiger charge is 2.15. The summed E-state index contributed by atoms with van der Waals surface area (Å²) in [5.74, 6) is 1.21. The lowest BCUT2D eigenvalue weighted by Gasteiger charge is -2.04. The average Bonchev–Trinajstić information content (AvgIpc) is 2.33. The van der Waals surface area contributed by atoms with E-state index in [2.05, 4.69) is 4.99 Å². The molecule has 0 amide bonds. The Bertz CT molecular complexity index is 181. The van der Waals surface area contributed by atoms with Crippen molar-refractivity contribution in [2.45, 2.75) is 19.3 Å². The van der Waals surface area contributed by atoms with Crippen molar-refractivity contribution in [1.29, 1.82) is 0 Å². The van der Waals surface area contributed by atoms with Gasteiger partial charge in [0.2, 0.25) is 0 Å². The molecule has 1 aliphatic heterocycles. The molecule has 0 spiro atoms. The summed E-state index contributed by atoms with van der Waals surface area (Å²) in [6.07, 6.45) is 3.87. The second-order valence-corrected chi connectivity index (χ2v) is 3.28. The topological polar surface area (TPSA) is 12.4 Å². The molecule has 0 radical (unpaired) electrons. The van der Waals surface area contributed by atoms with Crippen molar-refractivity contribution in [3.05, 3.63) is 11.3 Å². The molecule has 0 N–H and O–H groups in total. The summed E-state index contributed by atoms with van der Waals surface area (Å²) < 4.78 is 0. The minimum absolute atomic E-state index is 1.21. The lowest BCUT2D eigenvalue weighted by Crippen LogP contribution is -1.90. The maximum Gasteiger partial charge on any atom is 0.0603 e. The molecule has 2 heteroatoms. The van der Waals surface area contributed by atoms with E-state index >= 15 is 0 Å². The summed E-state index contributed by atoms with van der Waals surface area (Å²) in [5, 5.41) is 0. The van der Waals surface area contributed by atoms with E-state index in [1.165, 1.54) is 30.7 Å². The molecular formula is C7H9NS. The highest BCUT2D eigenvalue weighted by atomic mass is 32.2. The normalized spacial score (nSPS) is 24.9. The Kier molecular flexibility index (Phi) is 1.34. The molecule has 0 bridgehead atoms. The van der Waals surface area contributed by atoms with E-state index in [-0.39, 0.29) is 0 Å². The number of rotatable bonds is 0. The number of aliphatic imine (C=N–C) groups is 1. The fourth-order valence-corrected chi connectivity index (χ4v) is 2.13. The van der Waals surface area contributed by atoms with E-state index in [4.69, 9.17) is 0 Å². The van der Waals surface area contributed by atoms with Crippen molar-refractivity contribution in [2.75, 3.05) is 5.75 Å². The third-order valence-electron chi connectivity index (χ3n) is 1.84. The van der Waals surface area contributed by atoms with Crippen LogP contribution in [0, 0.1) is 0 Å². The van der Waals surface area contributed by atoms with E-state index in [0.717, 1.165) is 0 Å². The van der Waals surface area contributed by atoms with Crippen molar-refractivity contribution in [1.82, 2.24) is 0 Å². The van der Waals surface area contributed by atoms with Crippen LogP contribution in [0.1, 0.15) is 19.3 Å². The first-order chi connectivity index (χ1) is 4.47. The van der Waals surface area contributed by atoms with Gasteiger partial charge in [-0.05, 0) is 24.8 Å². The van der Waals surface area contributed by atoms with E-state index in [9.17, 15) is 0 Å². The molecular weight excluding hydrogens is 130 g/mol. The predicted octanol–water partition coefficient (Wildman–Crippen LogP) is 2.20. The molecule has 0 aromatic heterocycles. The zero-order valence-electron chi connectivity index (χ0n) is 5.26. The van der Waals surface area contributed by atoms with Gasteiger partial charge in [-0.1, -0.05) is 0 Å². The molecule has 2 rings (SSSR count). The van der Waals surface area contributed by atoms with Gasteiger partial charge in [-0.3, -0.25) is 4.99 Å². The Hall–Kier alpha value is -0.240. The van der Waals surface area contributed by atoms with Crippen LogP contribution in [0.2, 0.25) is 0 Å². The van der Waals surface area contributed by atoms with Crippen molar-refractivity contribution < 1.29 is 0 Å². The molecule has 48 valence electrons. The van der Waals surface area contributed by atoms with Crippen LogP contribution in [0.3, 0.4) is 0 Å². The first-order valence-corrected chi connectivity index (χ1v) is 4.37.